The van der Waals surface area contributed by atoms with Gasteiger partial charge in [-0.3, -0.25) is 9.48 Å². The number of carbonyl (C=O) groups is 1. The molecule has 12 nitrogen and oxygen atoms in total. The predicted molar refractivity (Wildman–Crippen MR) is 148 cm³/mol. The van der Waals surface area contributed by atoms with Gasteiger partial charge >= 0.3 is 0 Å². The number of anilines is 3. The van der Waals surface area contributed by atoms with E-state index in [1.54, 1.807) is 23.4 Å². The van der Waals surface area contributed by atoms with E-state index in [1.165, 1.54) is 0 Å². The van der Waals surface area contributed by atoms with Gasteiger partial charge in [-0.05, 0) is 68.1 Å². The minimum absolute atomic E-state index is 0.0141. The van der Waals surface area contributed by atoms with Crippen LogP contribution in [-0.4, -0.2) is 56.7 Å². The summed E-state index contributed by atoms with van der Waals surface area (Å²) >= 11 is 0. The van der Waals surface area contributed by atoms with Crippen LogP contribution in [0.5, 0.6) is 5.88 Å². The zero-order chi connectivity index (χ0) is 28.2. The highest BCUT2D eigenvalue weighted by atomic mass is 16.5. The Kier molecular flexibility index (Phi) is 7.35. The predicted octanol–water partition coefficient (Wildman–Crippen LogP) is 4.37. The van der Waals surface area contributed by atoms with Crippen molar-refractivity contribution in [1.82, 2.24) is 24.9 Å². The number of hydrogen-bond donors (Lipinski definition) is 1. The van der Waals surface area contributed by atoms with Crippen molar-refractivity contribution < 1.29 is 18.8 Å². The lowest BCUT2D eigenvalue weighted by molar-refractivity contribution is -0.125. The zero-order valence-electron chi connectivity index (χ0n) is 22.7. The van der Waals surface area contributed by atoms with Crippen molar-refractivity contribution in [3.8, 4) is 23.2 Å². The first-order valence-electron chi connectivity index (χ1n) is 13.6. The number of nitriles is 1. The average molecular weight is 555 g/mol. The molecule has 1 saturated carbocycles. The molecule has 1 aliphatic carbocycles. The summed E-state index contributed by atoms with van der Waals surface area (Å²) in [4.78, 5) is 22.9. The van der Waals surface area contributed by atoms with Crippen LogP contribution in [-0.2, 0) is 15.1 Å². The van der Waals surface area contributed by atoms with E-state index >= 15 is 0 Å². The number of aromatic nitrogens is 5. The molecule has 1 aromatic carbocycles. The Bertz CT molecular complexity index is 1550. The Labute approximate surface area is 236 Å². The molecule has 3 aromatic heterocycles. The van der Waals surface area contributed by atoms with Crippen LogP contribution in [0.4, 0.5) is 17.3 Å². The molecule has 1 aliphatic heterocycles. The lowest BCUT2D eigenvalue weighted by atomic mass is 9.78. The Morgan fingerprint density at radius 3 is 2.78 bits per heavy atom. The van der Waals surface area contributed by atoms with Crippen molar-refractivity contribution in [1.29, 1.82) is 5.26 Å². The summed E-state index contributed by atoms with van der Waals surface area (Å²) in [6, 6.07) is 13.5. The van der Waals surface area contributed by atoms with E-state index in [9.17, 15) is 10.1 Å². The number of ether oxygens (including phenoxy) is 2. The summed E-state index contributed by atoms with van der Waals surface area (Å²) in [5.74, 6) is 1.60. The quantitative estimate of drug-likeness (QED) is 0.333. The molecule has 6 rings (SSSR count). The monoisotopic (exact) mass is 554 g/mol. The van der Waals surface area contributed by atoms with Crippen molar-refractivity contribution in [3.05, 3.63) is 60.7 Å². The number of hydrogen-bond acceptors (Lipinski definition) is 10. The lowest BCUT2D eigenvalue weighted by Crippen LogP contribution is -2.41. The van der Waals surface area contributed by atoms with Crippen LogP contribution in [0.2, 0.25) is 0 Å². The topological polar surface area (TPSA) is 144 Å². The maximum atomic E-state index is 12.1. The van der Waals surface area contributed by atoms with Gasteiger partial charge in [0.25, 0.3) is 11.8 Å². The van der Waals surface area contributed by atoms with Crippen LogP contribution in [0, 0.1) is 18.3 Å². The SMILES string of the molecule is Cc1cc(OC2CCC(CC#N)(n3cc(-c4ccnc(Nc5ccc(N6CCOCC6=O)cc5)n4)cn3)CC2)no1. The lowest BCUT2D eigenvalue weighted by Gasteiger charge is -2.38. The van der Waals surface area contributed by atoms with Gasteiger partial charge in [0.15, 0.2) is 0 Å². The van der Waals surface area contributed by atoms with Gasteiger partial charge in [-0.25, -0.2) is 9.97 Å². The van der Waals surface area contributed by atoms with E-state index in [0.29, 0.717) is 37.2 Å². The fourth-order valence-electron chi connectivity index (χ4n) is 5.39. The van der Waals surface area contributed by atoms with Crippen LogP contribution < -0.4 is 15.0 Å². The summed E-state index contributed by atoms with van der Waals surface area (Å²) in [7, 11) is 0. The minimum Gasteiger partial charge on any atom is -0.472 e. The highest BCUT2D eigenvalue weighted by Gasteiger charge is 2.39. The molecule has 0 spiro atoms. The Morgan fingerprint density at radius 1 is 1.22 bits per heavy atom. The third-order valence-corrected chi connectivity index (χ3v) is 7.61. The van der Waals surface area contributed by atoms with Gasteiger partial charge in [0.2, 0.25) is 5.95 Å². The molecule has 4 aromatic rings. The second kappa shape index (κ2) is 11.4. The molecule has 12 heteroatoms. The molecular formula is C29H30N8O4. The van der Waals surface area contributed by atoms with Gasteiger partial charge < -0.3 is 24.2 Å². The molecule has 1 N–H and O–H groups in total. The number of nitrogens with one attached hydrogen (secondary N) is 1. The van der Waals surface area contributed by atoms with Crippen LogP contribution >= 0.6 is 0 Å². The largest absolute Gasteiger partial charge is 0.472 e. The molecule has 2 fully saturated rings. The van der Waals surface area contributed by atoms with Crippen molar-refractivity contribution in [2.75, 3.05) is 30.0 Å². The maximum Gasteiger partial charge on any atom is 0.254 e. The van der Waals surface area contributed by atoms with Gasteiger partial charge in [-0.1, -0.05) is 0 Å². The van der Waals surface area contributed by atoms with Gasteiger partial charge in [-0.15, -0.1) is 0 Å². The number of aryl methyl sites for hydroxylation is 1. The summed E-state index contributed by atoms with van der Waals surface area (Å²) in [6.45, 7) is 3.00. The van der Waals surface area contributed by atoms with Gasteiger partial charge in [-0.2, -0.15) is 10.4 Å². The summed E-state index contributed by atoms with van der Waals surface area (Å²) in [6.07, 6.45) is 8.87. The molecule has 1 saturated heterocycles. The Morgan fingerprint density at radius 2 is 2.05 bits per heavy atom. The third-order valence-electron chi connectivity index (χ3n) is 7.61. The molecule has 210 valence electrons. The zero-order valence-corrected chi connectivity index (χ0v) is 22.7. The number of morpholine rings is 1. The number of nitrogens with zero attached hydrogens (tertiary/aromatic N) is 7. The maximum absolute atomic E-state index is 12.1. The Balaban J connectivity index is 1.13. The van der Waals surface area contributed by atoms with E-state index in [-0.39, 0.29) is 18.6 Å². The van der Waals surface area contributed by atoms with Crippen LogP contribution in [0.1, 0.15) is 37.9 Å². The highest BCUT2D eigenvalue weighted by molar-refractivity contribution is 5.95. The normalized spacial score (nSPS) is 20.9. The standard InChI is InChI=1S/C29H30N8O4/c1-20-16-26(35-41-20)40-24-6-9-29(10-7-24,11-12-30)37-18-21(17-32-37)25-8-13-31-28(34-25)33-22-2-4-23(5-3-22)36-14-15-39-19-27(36)38/h2-5,8,13,16-18,24H,6-7,9-11,14-15,19H2,1H3,(H,31,33,34). The average Bonchev–Trinajstić information content (AvgIpc) is 3.65. The van der Waals surface area contributed by atoms with Crippen LogP contribution in [0.25, 0.3) is 11.3 Å². The number of amides is 1. The van der Waals surface area contributed by atoms with Gasteiger partial charge in [0.1, 0.15) is 18.5 Å². The van der Waals surface area contributed by atoms with Crippen LogP contribution in [0.15, 0.2) is 59.5 Å². The summed E-state index contributed by atoms with van der Waals surface area (Å²) in [5, 5.41) is 21.5. The molecule has 0 bridgehead atoms. The van der Waals surface area contributed by atoms with E-state index in [4.69, 9.17) is 19.0 Å². The third kappa shape index (κ3) is 5.76. The molecule has 41 heavy (non-hydrogen) atoms. The smallest absolute Gasteiger partial charge is 0.254 e. The molecule has 1 amide bonds. The fraction of sp³-hybridized carbons (Fsp3) is 0.379. The Hall–Kier alpha value is -4.76. The first kappa shape index (κ1) is 26.5. The molecular weight excluding hydrogens is 524 g/mol. The van der Waals surface area contributed by atoms with E-state index in [1.807, 2.05) is 48.1 Å². The van der Waals surface area contributed by atoms with Crippen molar-refractivity contribution in [2.24, 2.45) is 0 Å². The van der Waals surface area contributed by atoms with E-state index in [2.05, 4.69) is 26.6 Å². The molecule has 2 aliphatic rings. The van der Waals surface area contributed by atoms with Crippen molar-refractivity contribution in [3.63, 3.8) is 0 Å². The van der Waals surface area contributed by atoms with Gasteiger partial charge in [0.05, 0.1) is 36.5 Å². The number of carbonyl (C=O) groups excluding carboxylic acids is 1. The van der Waals surface area contributed by atoms with Gasteiger partial charge in [0, 0.05) is 41.9 Å². The molecule has 4 heterocycles. The molecule has 0 atom stereocenters. The summed E-state index contributed by atoms with van der Waals surface area (Å²) in [5.41, 5.74) is 2.77. The first-order valence-corrected chi connectivity index (χ1v) is 13.6. The highest BCUT2D eigenvalue weighted by Crippen LogP contribution is 2.39. The second-order valence-electron chi connectivity index (χ2n) is 10.4. The summed E-state index contributed by atoms with van der Waals surface area (Å²) < 4.78 is 18.2. The second-order valence-corrected chi connectivity index (χ2v) is 10.4. The first-order chi connectivity index (χ1) is 20.0. The molecule has 0 unspecified atom stereocenters. The van der Waals surface area contributed by atoms with Crippen molar-refractivity contribution >= 4 is 23.2 Å². The van der Waals surface area contributed by atoms with E-state index in [0.717, 1.165) is 48.3 Å². The number of rotatable bonds is 8. The fourth-order valence-corrected chi connectivity index (χ4v) is 5.39. The van der Waals surface area contributed by atoms with Crippen molar-refractivity contribution in [2.45, 2.75) is 50.7 Å². The van der Waals surface area contributed by atoms with E-state index < -0.39 is 5.54 Å². The number of benzene rings is 1. The molecule has 0 radical (unpaired) electrons. The minimum atomic E-state index is -0.412. The van der Waals surface area contributed by atoms with Crippen LogP contribution in [0.3, 0.4) is 0 Å².